The van der Waals surface area contributed by atoms with E-state index in [0.717, 1.165) is 29.5 Å². The van der Waals surface area contributed by atoms with E-state index in [1.54, 1.807) is 0 Å². The van der Waals surface area contributed by atoms with Crippen molar-refractivity contribution in [3.8, 4) is 5.75 Å². The van der Waals surface area contributed by atoms with Crippen LogP contribution in [0.2, 0.25) is 0 Å². The number of hydrogen-bond acceptors (Lipinski definition) is 2. The fourth-order valence-electron chi connectivity index (χ4n) is 2.20. The summed E-state index contributed by atoms with van der Waals surface area (Å²) < 4.78 is 0. The van der Waals surface area contributed by atoms with E-state index in [1.165, 1.54) is 0 Å². The average Bonchev–Trinajstić information content (AvgIpc) is 2.49. The Morgan fingerprint density at radius 3 is 2.79 bits per heavy atom. The molecular weight excluding hydrogens is 174 g/mol. The van der Waals surface area contributed by atoms with Gasteiger partial charge in [-0.25, -0.2) is 0 Å². The Kier molecular flexibility index (Phi) is 2.23. The Morgan fingerprint density at radius 1 is 1.43 bits per heavy atom. The van der Waals surface area contributed by atoms with Crippen LogP contribution in [0.5, 0.6) is 5.75 Å². The predicted molar refractivity (Wildman–Crippen MR) is 57.4 cm³/mol. The summed E-state index contributed by atoms with van der Waals surface area (Å²) in [4.78, 5) is 0. The zero-order chi connectivity index (χ0) is 10.3. The van der Waals surface area contributed by atoms with E-state index in [0.29, 0.717) is 11.7 Å². The summed E-state index contributed by atoms with van der Waals surface area (Å²) >= 11 is 0. The molecule has 0 radical (unpaired) electrons. The monoisotopic (exact) mass is 191 g/mol. The average molecular weight is 191 g/mol. The molecule has 1 aliphatic carbocycles. The fourth-order valence-corrected chi connectivity index (χ4v) is 2.20. The minimum Gasteiger partial charge on any atom is -0.507 e. The molecule has 1 aromatic carbocycles. The van der Waals surface area contributed by atoms with E-state index in [2.05, 4.69) is 19.9 Å². The van der Waals surface area contributed by atoms with Crippen LogP contribution in [-0.4, -0.2) is 5.11 Å². The topological polar surface area (TPSA) is 46.2 Å². The molecular formula is C12H17NO. The van der Waals surface area contributed by atoms with Gasteiger partial charge in [-0.3, -0.25) is 0 Å². The third-order valence-corrected chi connectivity index (χ3v) is 3.08. The summed E-state index contributed by atoms with van der Waals surface area (Å²) in [5.41, 5.74) is 9.17. The van der Waals surface area contributed by atoms with Crippen LogP contribution in [0.15, 0.2) is 12.1 Å². The smallest absolute Gasteiger partial charge is 0.122 e. The van der Waals surface area contributed by atoms with Crippen molar-refractivity contribution in [2.24, 2.45) is 5.73 Å². The number of fused-ring (bicyclic) bond motifs is 1. The molecule has 0 aromatic heterocycles. The van der Waals surface area contributed by atoms with Gasteiger partial charge in [-0.05, 0) is 35.4 Å². The van der Waals surface area contributed by atoms with Gasteiger partial charge in [0.1, 0.15) is 5.75 Å². The highest BCUT2D eigenvalue weighted by molar-refractivity contribution is 5.50. The molecule has 2 nitrogen and oxygen atoms in total. The van der Waals surface area contributed by atoms with Gasteiger partial charge in [0, 0.05) is 6.04 Å². The first kappa shape index (κ1) is 9.53. The Morgan fingerprint density at radius 2 is 2.14 bits per heavy atom. The maximum atomic E-state index is 10.0. The Labute approximate surface area is 84.7 Å². The quantitative estimate of drug-likeness (QED) is 0.716. The zero-order valence-corrected chi connectivity index (χ0v) is 8.75. The van der Waals surface area contributed by atoms with Crippen LogP contribution < -0.4 is 5.73 Å². The summed E-state index contributed by atoms with van der Waals surface area (Å²) in [6.07, 6.45) is 1.88. The Balaban J connectivity index is 2.53. The van der Waals surface area contributed by atoms with Gasteiger partial charge in [0.15, 0.2) is 0 Å². The second-order valence-electron chi connectivity index (χ2n) is 4.37. The zero-order valence-electron chi connectivity index (χ0n) is 8.75. The Hall–Kier alpha value is -1.02. The van der Waals surface area contributed by atoms with Crippen molar-refractivity contribution < 1.29 is 5.11 Å². The molecule has 14 heavy (non-hydrogen) atoms. The van der Waals surface area contributed by atoms with E-state index in [9.17, 15) is 5.11 Å². The second-order valence-corrected chi connectivity index (χ2v) is 4.37. The van der Waals surface area contributed by atoms with Crippen molar-refractivity contribution in [1.29, 1.82) is 0 Å². The van der Waals surface area contributed by atoms with Crippen LogP contribution >= 0.6 is 0 Å². The molecule has 2 rings (SSSR count). The largest absolute Gasteiger partial charge is 0.507 e. The number of aromatic hydroxyl groups is 1. The molecule has 1 aromatic rings. The highest BCUT2D eigenvalue weighted by atomic mass is 16.3. The lowest BCUT2D eigenvalue weighted by Crippen LogP contribution is -2.05. The van der Waals surface area contributed by atoms with Crippen LogP contribution in [0.4, 0.5) is 0 Å². The number of phenolic OH excluding ortho intramolecular Hbond substituents is 1. The lowest BCUT2D eigenvalue weighted by atomic mass is 9.96. The molecule has 1 aliphatic rings. The van der Waals surface area contributed by atoms with Crippen LogP contribution in [0.3, 0.4) is 0 Å². The SMILES string of the molecule is CC(C)c1ccc2c(c1O)CCC2N. The highest BCUT2D eigenvalue weighted by Crippen LogP contribution is 2.39. The first-order valence-corrected chi connectivity index (χ1v) is 5.21. The molecule has 1 atom stereocenters. The van der Waals surface area contributed by atoms with Crippen molar-refractivity contribution in [3.05, 3.63) is 28.8 Å². The predicted octanol–water partition coefficient (Wildman–Crippen LogP) is 2.46. The van der Waals surface area contributed by atoms with Crippen LogP contribution in [0.1, 0.15) is 48.9 Å². The van der Waals surface area contributed by atoms with E-state index in [1.807, 2.05) is 6.07 Å². The fraction of sp³-hybridized carbons (Fsp3) is 0.500. The minimum atomic E-state index is 0.122. The van der Waals surface area contributed by atoms with Gasteiger partial charge < -0.3 is 10.8 Å². The van der Waals surface area contributed by atoms with E-state index < -0.39 is 0 Å². The molecule has 2 heteroatoms. The van der Waals surface area contributed by atoms with Gasteiger partial charge in [0.05, 0.1) is 0 Å². The summed E-state index contributed by atoms with van der Waals surface area (Å²) in [5.74, 6) is 0.850. The first-order valence-electron chi connectivity index (χ1n) is 5.21. The van der Waals surface area contributed by atoms with Gasteiger partial charge >= 0.3 is 0 Å². The van der Waals surface area contributed by atoms with Crippen molar-refractivity contribution in [1.82, 2.24) is 0 Å². The minimum absolute atomic E-state index is 0.122. The van der Waals surface area contributed by atoms with Gasteiger partial charge in [-0.1, -0.05) is 26.0 Å². The van der Waals surface area contributed by atoms with Crippen LogP contribution in [0, 0.1) is 0 Å². The van der Waals surface area contributed by atoms with E-state index in [4.69, 9.17) is 5.73 Å². The molecule has 0 heterocycles. The van der Waals surface area contributed by atoms with Crippen LogP contribution in [-0.2, 0) is 6.42 Å². The molecule has 0 aliphatic heterocycles. The van der Waals surface area contributed by atoms with Crippen molar-refractivity contribution in [2.75, 3.05) is 0 Å². The molecule has 0 bridgehead atoms. The number of nitrogens with two attached hydrogens (primary N) is 1. The summed E-state index contributed by atoms with van der Waals surface area (Å²) in [5, 5.41) is 10.0. The third-order valence-electron chi connectivity index (χ3n) is 3.08. The van der Waals surface area contributed by atoms with E-state index in [-0.39, 0.29) is 6.04 Å². The second kappa shape index (κ2) is 3.28. The summed E-state index contributed by atoms with van der Waals surface area (Å²) in [7, 11) is 0. The van der Waals surface area contributed by atoms with Crippen LogP contribution in [0.25, 0.3) is 0 Å². The molecule has 1 unspecified atom stereocenters. The van der Waals surface area contributed by atoms with Gasteiger partial charge in [0.2, 0.25) is 0 Å². The number of benzene rings is 1. The molecule has 0 fully saturated rings. The molecule has 76 valence electrons. The Bertz CT molecular complexity index is 358. The standard InChI is InChI=1S/C12H17NO/c1-7(2)8-3-4-9-10(12(8)14)5-6-11(9)13/h3-4,7,11,14H,5-6,13H2,1-2H3. The number of rotatable bonds is 1. The third kappa shape index (κ3) is 1.30. The van der Waals surface area contributed by atoms with Crippen molar-refractivity contribution in [2.45, 2.75) is 38.6 Å². The van der Waals surface area contributed by atoms with Crippen molar-refractivity contribution in [3.63, 3.8) is 0 Å². The lowest BCUT2D eigenvalue weighted by molar-refractivity contribution is 0.458. The van der Waals surface area contributed by atoms with Gasteiger partial charge in [-0.15, -0.1) is 0 Å². The van der Waals surface area contributed by atoms with Crippen molar-refractivity contribution >= 4 is 0 Å². The molecule has 3 N–H and O–H groups in total. The first-order chi connectivity index (χ1) is 6.61. The summed E-state index contributed by atoms with van der Waals surface area (Å²) in [6.45, 7) is 4.19. The number of phenols is 1. The van der Waals surface area contributed by atoms with Gasteiger partial charge in [0.25, 0.3) is 0 Å². The maximum Gasteiger partial charge on any atom is 0.122 e. The molecule has 0 saturated carbocycles. The molecule has 0 amide bonds. The molecule has 0 saturated heterocycles. The molecule has 0 spiro atoms. The highest BCUT2D eigenvalue weighted by Gasteiger charge is 2.23. The van der Waals surface area contributed by atoms with Gasteiger partial charge in [-0.2, -0.15) is 0 Å². The maximum absolute atomic E-state index is 10.0. The summed E-state index contributed by atoms with van der Waals surface area (Å²) in [6, 6.07) is 4.20. The normalized spacial score (nSPS) is 20.1. The van der Waals surface area contributed by atoms with E-state index >= 15 is 0 Å². The lowest BCUT2D eigenvalue weighted by Gasteiger charge is -2.13. The number of hydrogen-bond donors (Lipinski definition) is 2.